The third-order valence-corrected chi connectivity index (χ3v) is 5.69. The van der Waals surface area contributed by atoms with Gasteiger partial charge in [0.25, 0.3) is 5.56 Å². The number of hydrogen-bond acceptors (Lipinski definition) is 8. The average Bonchev–Trinajstić information content (AvgIpc) is 3.21. The maximum Gasteiger partial charge on any atom is 0.267 e. The van der Waals surface area contributed by atoms with Gasteiger partial charge in [0, 0.05) is 11.6 Å². The molecule has 0 saturated heterocycles. The highest BCUT2D eigenvalue weighted by molar-refractivity contribution is 7.22. The zero-order valence-electron chi connectivity index (χ0n) is 18.3. The van der Waals surface area contributed by atoms with Gasteiger partial charge in [0.15, 0.2) is 5.13 Å². The van der Waals surface area contributed by atoms with E-state index in [1.165, 1.54) is 17.4 Å². The predicted octanol–water partition coefficient (Wildman–Crippen LogP) is 3.57. The lowest BCUT2D eigenvalue weighted by atomic mass is 10.1. The van der Waals surface area contributed by atoms with Crippen LogP contribution in [0.25, 0.3) is 21.5 Å². The molecule has 0 saturated carbocycles. The van der Waals surface area contributed by atoms with Crippen molar-refractivity contribution >= 4 is 32.6 Å². The maximum absolute atomic E-state index is 12.6. The second-order valence-corrected chi connectivity index (χ2v) is 7.94. The number of thiazole rings is 1. The van der Waals surface area contributed by atoms with E-state index in [0.29, 0.717) is 34.5 Å². The van der Waals surface area contributed by atoms with Crippen LogP contribution in [0.5, 0.6) is 17.2 Å². The fourth-order valence-corrected chi connectivity index (χ4v) is 4.14. The van der Waals surface area contributed by atoms with Crippen molar-refractivity contribution in [3.63, 3.8) is 0 Å². The van der Waals surface area contributed by atoms with Gasteiger partial charge in [-0.1, -0.05) is 11.3 Å². The summed E-state index contributed by atoms with van der Waals surface area (Å²) in [6.45, 7) is 2.22. The topological polar surface area (TPSA) is 105 Å². The Labute approximate surface area is 193 Å². The molecule has 0 atom stereocenters. The lowest BCUT2D eigenvalue weighted by Crippen LogP contribution is -2.29. The van der Waals surface area contributed by atoms with E-state index in [-0.39, 0.29) is 6.54 Å². The molecule has 2 aromatic heterocycles. The lowest BCUT2D eigenvalue weighted by molar-refractivity contribution is -0.117. The minimum atomic E-state index is -0.413. The van der Waals surface area contributed by atoms with Gasteiger partial charge in [0.05, 0.1) is 36.7 Å². The van der Waals surface area contributed by atoms with Crippen molar-refractivity contribution in [1.29, 1.82) is 0 Å². The summed E-state index contributed by atoms with van der Waals surface area (Å²) in [5.74, 6) is 1.51. The molecule has 4 rings (SSSR count). The SMILES string of the molecule is CCOc1ccc2nc(NC(=O)Cn3nc(-c4cc(OC)ccc4OC)ccc3=O)sc2c1. The van der Waals surface area contributed by atoms with Crippen LogP contribution in [-0.4, -0.2) is 41.5 Å². The van der Waals surface area contributed by atoms with Gasteiger partial charge in [-0.25, -0.2) is 9.67 Å². The van der Waals surface area contributed by atoms with Crippen molar-refractivity contribution in [2.45, 2.75) is 13.5 Å². The fraction of sp³-hybridized carbons (Fsp3) is 0.217. The number of carbonyl (C=O) groups excluding carboxylic acids is 1. The first-order valence-electron chi connectivity index (χ1n) is 10.1. The first-order chi connectivity index (χ1) is 16.0. The molecule has 4 aromatic rings. The highest BCUT2D eigenvalue weighted by Gasteiger charge is 2.14. The summed E-state index contributed by atoms with van der Waals surface area (Å²) in [6.07, 6.45) is 0. The normalized spacial score (nSPS) is 10.8. The number of nitrogens with one attached hydrogen (secondary N) is 1. The molecule has 0 bridgehead atoms. The zero-order chi connectivity index (χ0) is 23.4. The van der Waals surface area contributed by atoms with Crippen LogP contribution in [0.4, 0.5) is 5.13 Å². The molecule has 0 unspecified atom stereocenters. The van der Waals surface area contributed by atoms with Gasteiger partial charge in [0.2, 0.25) is 5.91 Å². The van der Waals surface area contributed by atoms with E-state index in [0.717, 1.165) is 20.6 Å². The molecule has 0 aliphatic heterocycles. The van der Waals surface area contributed by atoms with E-state index in [1.807, 2.05) is 25.1 Å². The minimum absolute atomic E-state index is 0.265. The summed E-state index contributed by atoms with van der Waals surface area (Å²) in [6, 6.07) is 13.8. The number of fused-ring (bicyclic) bond motifs is 1. The average molecular weight is 467 g/mol. The van der Waals surface area contributed by atoms with Crippen LogP contribution in [-0.2, 0) is 11.3 Å². The quantitative estimate of drug-likeness (QED) is 0.423. The van der Waals surface area contributed by atoms with Crippen molar-refractivity contribution in [1.82, 2.24) is 14.8 Å². The van der Waals surface area contributed by atoms with Gasteiger partial charge in [-0.15, -0.1) is 0 Å². The molecule has 2 aromatic carbocycles. The molecule has 0 radical (unpaired) electrons. The fourth-order valence-electron chi connectivity index (χ4n) is 3.23. The Morgan fingerprint density at radius 1 is 1.06 bits per heavy atom. The van der Waals surface area contributed by atoms with Crippen LogP contribution < -0.4 is 25.1 Å². The number of amides is 1. The highest BCUT2D eigenvalue weighted by atomic mass is 32.1. The van der Waals surface area contributed by atoms with Crippen LogP contribution >= 0.6 is 11.3 Å². The minimum Gasteiger partial charge on any atom is -0.497 e. The van der Waals surface area contributed by atoms with E-state index in [4.69, 9.17) is 14.2 Å². The molecule has 170 valence electrons. The van der Waals surface area contributed by atoms with Crippen molar-refractivity contribution in [2.24, 2.45) is 0 Å². The highest BCUT2D eigenvalue weighted by Crippen LogP contribution is 2.32. The molecule has 0 aliphatic carbocycles. The third-order valence-electron chi connectivity index (χ3n) is 4.76. The summed E-state index contributed by atoms with van der Waals surface area (Å²) < 4.78 is 18.2. The molecular weight excluding hydrogens is 444 g/mol. The Morgan fingerprint density at radius 2 is 1.88 bits per heavy atom. The van der Waals surface area contributed by atoms with E-state index in [2.05, 4.69) is 15.4 Å². The first kappa shape index (κ1) is 22.3. The number of benzene rings is 2. The molecule has 10 heteroatoms. The molecule has 0 spiro atoms. The molecule has 1 N–H and O–H groups in total. The van der Waals surface area contributed by atoms with Gasteiger partial charge in [-0.05, 0) is 49.4 Å². The van der Waals surface area contributed by atoms with Gasteiger partial charge in [-0.3, -0.25) is 9.59 Å². The van der Waals surface area contributed by atoms with Crippen LogP contribution in [0, 0.1) is 0 Å². The van der Waals surface area contributed by atoms with Crippen LogP contribution in [0.2, 0.25) is 0 Å². The number of nitrogens with zero attached hydrogens (tertiary/aromatic N) is 3. The first-order valence-corrected chi connectivity index (χ1v) is 11.0. The van der Waals surface area contributed by atoms with Crippen LogP contribution in [0.3, 0.4) is 0 Å². The van der Waals surface area contributed by atoms with Gasteiger partial charge in [0.1, 0.15) is 23.8 Å². The smallest absolute Gasteiger partial charge is 0.267 e. The van der Waals surface area contributed by atoms with Gasteiger partial charge >= 0.3 is 0 Å². The Morgan fingerprint density at radius 3 is 2.64 bits per heavy atom. The predicted molar refractivity (Wildman–Crippen MR) is 126 cm³/mol. The number of ether oxygens (including phenoxy) is 3. The van der Waals surface area contributed by atoms with E-state index < -0.39 is 11.5 Å². The van der Waals surface area contributed by atoms with Crippen LogP contribution in [0.1, 0.15) is 6.92 Å². The van der Waals surface area contributed by atoms with Crippen molar-refractivity contribution in [3.05, 3.63) is 58.9 Å². The summed E-state index contributed by atoms with van der Waals surface area (Å²) in [5, 5.41) is 7.53. The Kier molecular flexibility index (Phi) is 6.55. The molecular formula is C23H22N4O5S. The number of carbonyl (C=O) groups is 1. The van der Waals surface area contributed by atoms with E-state index in [1.54, 1.807) is 38.5 Å². The molecule has 1 amide bonds. The van der Waals surface area contributed by atoms with E-state index in [9.17, 15) is 9.59 Å². The summed E-state index contributed by atoms with van der Waals surface area (Å²) in [7, 11) is 3.11. The summed E-state index contributed by atoms with van der Waals surface area (Å²) in [5.41, 5.74) is 1.46. The Bertz CT molecular complexity index is 1360. The van der Waals surface area contributed by atoms with Gasteiger partial charge in [-0.2, -0.15) is 5.10 Å². The molecule has 0 fully saturated rings. The Hall–Kier alpha value is -3.92. The standard InChI is InChI=1S/C23H22N4O5S/c1-4-32-15-5-7-18-20(12-15)33-23(24-18)25-21(28)13-27-22(29)10-8-17(26-27)16-11-14(30-2)6-9-19(16)31-3/h5-12H,4,13H2,1-3H3,(H,24,25,28). The number of hydrogen-bond donors (Lipinski definition) is 1. The van der Waals surface area contributed by atoms with Gasteiger partial charge < -0.3 is 19.5 Å². The lowest BCUT2D eigenvalue weighted by Gasteiger charge is -2.11. The Balaban J connectivity index is 1.55. The van der Waals surface area contributed by atoms with Crippen LogP contribution in [0.15, 0.2) is 53.3 Å². The second kappa shape index (κ2) is 9.70. The van der Waals surface area contributed by atoms with E-state index >= 15 is 0 Å². The number of anilines is 1. The summed E-state index contributed by atoms with van der Waals surface area (Å²) in [4.78, 5) is 29.4. The van der Waals surface area contributed by atoms with Crippen molar-refractivity contribution < 1.29 is 19.0 Å². The largest absolute Gasteiger partial charge is 0.497 e. The van der Waals surface area contributed by atoms with Crippen molar-refractivity contribution in [2.75, 3.05) is 26.1 Å². The maximum atomic E-state index is 12.6. The van der Waals surface area contributed by atoms with Crippen molar-refractivity contribution in [3.8, 4) is 28.5 Å². The number of methoxy groups -OCH3 is 2. The molecule has 2 heterocycles. The molecule has 9 nitrogen and oxygen atoms in total. The second-order valence-electron chi connectivity index (χ2n) is 6.91. The summed E-state index contributed by atoms with van der Waals surface area (Å²) >= 11 is 1.33. The monoisotopic (exact) mass is 466 g/mol. The molecule has 0 aliphatic rings. The zero-order valence-corrected chi connectivity index (χ0v) is 19.1. The number of aromatic nitrogens is 3. The molecule has 33 heavy (non-hydrogen) atoms. The number of rotatable bonds is 8. The third kappa shape index (κ3) is 4.96.